The van der Waals surface area contributed by atoms with Crippen LogP contribution in [-0.2, 0) is 35.2 Å². The lowest BCUT2D eigenvalue weighted by atomic mass is 10.1. The molecular weight excluding hydrogens is 324 g/mol. The van der Waals surface area contributed by atoms with Gasteiger partial charge in [-0.1, -0.05) is 37.3 Å². The van der Waals surface area contributed by atoms with Crippen LogP contribution in [0.2, 0.25) is 0 Å². The van der Waals surface area contributed by atoms with Gasteiger partial charge in [0.05, 0.1) is 5.75 Å². The monoisotopic (exact) mass is 346 g/mol. The zero-order valence-corrected chi connectivity index (χ0v) is 14.6. The average Bonchev–Trinajstić information content (AvgIpc) is 3.08. The van der Waals surface area contributed by atoms with Gasteiger partial charge in [0.25, 0.3) is 0 Å². The number of fused-ring (bicyclic) bond motifs is 3. The highest BCUT2D eigenvalue weighted by Gasteiger charge is 2.44. The van der Waals surface area contributed by atoms with Crippen molar-refractivity contribution >= 4 is 10.0 Å². The summed E-state index contributed by atoms with van der Waals surface area (Å²) in [4.78, 5) is 0. The Morgan fingerprint density at radius 2 is 1.88 bits per heavy atom. The van der Waals surface area contributed by atoms with Gasteiger partial charge < -0.3 is 4.57 Å². The molecule has 2 unspecified atom stereocenters. The minimum atomic E-state index is -3.34. The molecule has 0 amide bonds. The first-order chi connectivity index (χ1) is 11.6. The van der Waals surface area contributed by atoms with Gasteiger partial charge in [0.2, 0.25) is 10.0 Å². The Labute approximate surface area is 142 Å². The number of nitrogens with zero attached hydrogens (tertiary/aromatic N) is 4. The molecule has 2 bridgehead atoms. The number of sulfonamides is 1. The summed E-state index contributed by atoms with van der Waals surface area (Å²) < 4.78 is 30.1. The molecule has 3 heterocycles. The standard InChI is InChI=1S/C17H22N4O2S/c1-2-16-18-19-17-10-14-8-9-15(11-20(16)17)21(14)24(22,23)12-13-6-4-3-5-7-13/h3-7,14-15H,2,8-12H2,1H3. The van der Waals surface area contributed by atoms with Gasteiger partial charge in [0.15, 0.2) is 0 Å². The van der Waals surface area contributed by atoms with Crippen LogP contribution in [0.5, 0.6) is 0 Å². The van der Waals surface area contributed by atoms with Crippen LogP contribution < -0.4 is 0 Å². The second-order valence-corrected chi connectivity index (χ2v) is 8.53. The third-order valence-corrected chi connectivity index (χ3v) is 7.03. The van der Waals surface area contributed by atoms with Crippen molar-refractivity contribution in [3.05, 3.63) is 47.5 Å². The van der Waals surface area contributed by atoms with Crippen LogP contribution >= 0.6 is 0 Å². The molecule has 1 aromatic carbocycles. The van der Waals surface area contributed by atoms with Crippen molar-refractivity contribution in [1.29, 1.82) is 0 Å². The quantitative estimate of drug-likeness (QED) is 0.846. The third-order valence-electron chi connectivity index (χ3n) is 5.10. The van der Waals surface area contributed by atoms with Crippen LogP contribution in [0, 0.1) is 0 Å². The molecule has 1 saturated heterocycles. The highest BCUT2D eigenvalue weighted by molar-refractivity contribution is 7.88. The summed E-state index contributed by atoms with van der Waals surface area (Å²) in [5.41, 5.74) is 0.842. The summed E-state index contributed by atoms with van der Waals surface area (Å²) >= 11 is 0. The molecule has 1 aromatic heterocycles. The van der Waals surface area contributed by atoms with Gasteiger partial charge in [0.1, 0.15) is 11.6 Å². The van der Waals surface area contributed by atoms with Crippen molar-refractivity contribution in [3.63, 3.8) is 0 Å². The molecule has 0 radical (unpaired) electrons. The number of rotatable bonds is 4. The SMILES string of the molecule is CCc1nnc2n1CC1CCC(C2)N1S(=O)(=O)Cc1ccccc1. The molecule has 1 fully saturated rings. The van der Waals surface area contributed by atoms with Gasteiger partial charge >= 0.3 is 0 Å². The maximum atomic E-state index is 13.1. The van der Waals surface area contributed by atoms with Gasteiger partial charge in [-0.2, -0.15) is 4.31 Å². The summed E-state index contributed by atoms with van der Waals surface area (Å²) in [6.07, 6.45) is 3.31. The summed E-state index contributed by atoms with van der Waals surface area (Å²) in [6.45, 7) is 2.74. The van der Waals surface area contributed by atoms with E-state index in [0.29, 0.717) is 13.0 Å². The molecule has 128 valence electrons. The Kier molecular flexibility index (Phi) is 3.92. The van der Waals surface area contributed by atoms with E-state index in [1.807, 2.05) is 30.3 Å². The maximum absolute atomic E-state index is 13.1. The Hall–Kier alpha value is -1.73. The van der Waals surface area contributed by atoms with E-state index in [2.05, 4.69) is 21.7 Å². The van der Waals surface area contributed by atoms with E-state index < -0.39 is 10.0 Å². The molecule has 0 N–H and O–H groups in total. The second kappa shape index (κ2) is 5.97. The fourth-order valence-electron chi connectivity index (χ4n) is 4.03. The molecule has 2 aliphatic rings. The molecule has 0 saturated carbocycles. The van der Waals surface area contributed by atoms with Crippen LogP contribution in [0.4, 0.5) is 0 Å². The fraction of sp³-hybridized carbons (Fsp3) is 0.529. The summed E-state index contributed by atoms with van der Waals surface area (Å²) in [5.74, 6) is 1.96. The number of aryl methyl sites for hydroxylation is 1. The molecular formula is C17H22N4O2S. The van der Waals surface area contributed by atoms with Crippen molar-refractivity contribution in [1.82, 2.24) is 19.1 Å². The molecule has 4 rings (SSSR count). The Morgan fingerprint density at radius 3 is 2.62 bits per heavy atom. The highest BCUT2D eigenvalue weighted by atomic mass is 32.2. The zero-order valence-electron chi connectivity index (χ0n) is 13.8. The van der Waals surface area contributed by atoms with Gasteiger partial charge in [-0.3, -0.25) is 0 Å². The minimum absolute atomic E-state index is 0.0128. The van der Waals surface area contributed by atoms with Crippen LogP contribution in [0.1, 0.15) is 37.0 Å². The van der Waals surface area contributed by atoms with Gasteiger partial charge in [-0.05, 0) is 18.4 Å². The van der Waals surface area contributed by atoms with Crippen molar-refractivity contribution in [2.24, 2.45) is 0 Å². The first-order valence-corrected chi connectivity index (χ1v) is 10.2. The number of aromatic nitrogens is 3. The predicted octanol–water partition coefficient (Wildman–Crippen LogP) is 1.76. The third kappa shape index (κ3) is 2.65. The van der Waals surface area contributed by atoms with Crippen LogP contribution in [0.3, 0.4) is 0 Å². The van der Waals surface area contributed by atoms with Crippen molar-refractivity contribution < 1.29 is 8.42 Å². The van der Waals surface area contributed by atoms with E-state index in [0.717, 1.165) is 36.5 Å². The molecule has 0 aliphatic carbocycles. The normalized spacial score (nSPS) is 23.9. The molecule has 2 aliphatic heterocycles. The summed E-state index contributed by atoms with van der Waals surface area (Å²) in [6, 6.07) is 9.46. The van der Waals surface area contributed by atoms with Crippen molar-refractivity contribution in [2.75, 3.05) is 0 Å². The smallest absolute Gasteiger partial charge is 0.218 e. The van der Waals surface area contributed by atoms with E-state index in [1.54, 1.807) is 4.31 Å². The van der Waals surface area contributed by atoms with Crippen molar-refractivity contribution in [2.45, 2.75) is 57.0 Å². The second-order valence-electron chi connectivity index (χ2n) is 6.66. The predicted molar refractivity (Wildman–Crippen MR) is 90.8 cm³/mol. The molecule has 2 aromatic rings. The number of benzene rings is 1. The van der Waals surface area contributed by atoms with Crippen molar-refractivity contribution in [3.8, 4) is 0 Å². The van der Waals surface area contributed by atoms with Gasteiger partial charge in [-0.25, -0.2) is 8.42 Å². The Balaban J connectivity index is 1.64. The highest BCUT2D eigenvalue weighted by Crippen LogP contribution is 2.34. The Bertz CT molecular complexity index is 832. The van der Waals surface area contributed by atoms with E-state index >= 15 is 0 Å². The topological polar surface area (TPSA) is 68.1 Å². The van der Waals surface area contributed by atoms with E-state index in [-0.39, 0.29) is 17.8 Å². The summed E-state index contributed by atoms with van der Waals surface area (Å²) in [7, 11) is -3.34. The van der Waals surface area contributed by atoms with Gasteiger partial charge in [0, 0.05) is 31.5 Å². The van der Waals surface area contributed by atoms with E-state index in [9.17, 15) is 8.42 Å². The first kappa shape index (κ1) is 15.8. The average molecular weight is 346 g/mol. The molecule has 0 spiro atoms. The van der Waals surface area contributed by atoms with Crippen LogP contribution in [-0.4, -0.2) is 39.6 Å². The lowest BCUT2D eigenvalue weighted by Gasteiger charge is -2.27. The largest absolute Gasteiger partial charge is 0.313 e. The number of hydrogen-bond acceptors (Lipinski definition) is 4. The van der Waals surface area contributed by atoms with Crippen LogP contribution in [0.25, 0.3) is 0 Å². The van der Waals surface area contributed by atoms with E-state index in [4.69, 9.17) is 0 Å². The minimum Gasteiger partial charge on any atom is -0.313 e. The zero-order chi connectivity index (χ0) is 16.7. The molecule has 2 atom stereocenters. The van der Waals surface area contributed by atoms with E-state index in [1.165, 1.54) is 0 Å². The number of hydrogen-bond donors (Lipinski definition) is 0. The Morgan fingerprint density at radius 1 is 1.12 bits per heavy atom. The van der Waals surface area contributed by atoms with Crippen LogP contribution in [0.15, 0.2) is 30.3 Å². The lowest BCUT2D eigenvalue weighted by molar-refractivity contribution is 0.313. The fourth-order valence-corrected chi connectivity index (χ4v) is 6.06. The van der Waals surface area contributed by atoms with Gasteiger partial charge in [-0.15, -0.1) is 10.2 Å². The molecule has 7 heteroatoms. The summed E-state index contributed by atoms with van der Waals surface area (Å²) in [5, 5.41) is 8.55. The lowest BCUT2D eigenvalue weighted by Crippen LogP contribution is -2.42. The molecule has 6 nitrogen and oxygen atoms in total. The first-order valence-electron chi connectivity index (χ1n) is 8.54. The molecule has 24 heavy (non-hydrogen) atoms. The maximum Gasteiger partial charge on any atom is 0.218 e.